The molecule has 3 rings (SSSR count). The number of aryl methyl sites for hydroxylation is 3. The zero-order valence-electron chi connectivity index (χ0n) is 12.8. The molecule has 2 heterocycles. The molecular formula is C17H17FN4. The Kier molecular flexibility index (Phi) is 3.71. The molecule has 0 atom stereocenters. The largest absolute Gasteiger partial charge is 0.262 e. The summed E-state index contributed by atoms with van der Waals surface area (Å²) in [6.07, 6.45) is 0.719. The second kappa shape index (κ2) is 5.67. The van der Waals surface area contributed by atoms with Crippen LogP contribution in [0.4, 0.5) is 4.39 Å². The zero-order valence-corrected chi connectivity index (χ0v) is 12.8. The molecule has 0 fully saturated rings. The Bertz CT molecular complexity index is 803. The van der Waals surface area contributed by atoms with Gasteiger partial charge in [0, 0.05) is 17.7 Å². The summed E-state index contributed by atoms with van der Waals surface area (Å²) < 4.78 is 15.4. The fraction of sp³-hybridized carbons (Fsp3) is 0.235. The second-order valence-electron chi connectivity index (χ2n) is 5.28. The Morgan fingerprint density at radius 2 is 1.91 bits per heavy atom. The highest BCUT2D eigenvalue weighted by Gasteiger charge is 2.16. The summed E-state index contributed by atoms with van der Waals surface area (Å²) in [6.45, 7) is 5.99. The maximum absolute atomic E-state index is 13.5. The monoisotopic (exact) mass is 296 g/mol. The van der Waals surface area contributed by atoms with Crippen molar-refractivity contribution in [1.29, 1.82) is 0 Å². The maximum atomic E-state index is 13.5. The van der Waals surface area contributed by atoms with Gasteiger partial charge in [0.2, 0.25) is 0 Å². The van der Waals surface area contributed by atoms with E-state index in [0.29, 0.717) is 11.4 Å². The number of rotatable bonds is 3. The van der Waals surface area contributed by atoms with Crippen LogP contribution in [-0.4, -0.2) is 19.7 Å². The van der Waals surface area contributed by atoms with Gasteiger partial charge in [0.15, 0.2) is 5.82 Å². The van der Waals surface area contributed by atoms with Crippen LogP contribution in [0.3, 0.4) is 0 Å². The molecule has 0 spiro atoms. The van der Waals surface area contributed by atoms with E-state index in [-0.39, 0.29) is 5.82 Å². The van der Waals surface area contributed by atoms with Crippen LogP contribution in [0.25, 0.3) is 17.2 Å². The molecule has 0 amide bonds. The molecule has 1 aromatic carbocycles. The molecule has 22 heavy (non-hydrogen) atoms. The molecule has 3 aromatic rings. The van der Waals surface area contributed by atoms with Gasteiger partial charge in [-0.15, -0.1) is 10.2 Å². The van der Waals surface area contributed by atoms with Crippen LogP contribution in [0.2, 0.25) is 0 Å². The smallest absolute Gasteiger partial charge is 0.169 e. The fourth-order valence-electron chi connectivity index (χ4n) is 2.54. The van der Waals surface area contributed by atoms with Crippen molar-refractivity contribution in [2.45, 2.75) is 27.2 Å². The molecule has 0 aliphatic carbocycles. The van der Waals surface area contributed by atoms with E-state index in [0.717, 1.165) is 29.3 Å². The number of aromatic nitrogens is 4. The summed E-state index contributed by atoms with van der Waals surface area (Å²) >= 11 is 0. The summed E-state index contributed by atoms with van der Waals surface area (Å²) in [5.41, 5.74) is 2.73. The third-order valence-electron chi connectivity index (χ3n) is 3.44. The average Bonchev–Trinajstić information content (AvgIpc) is 2.90. The quantitative estimate of drug-likeness (QED) is 0.741. The van der Waals surface area contributed by atoms with E-state index in [1.54, 1.807) is 6.07 Å². The Labute approximate surface area is 128 Å². The number of hydrogen-bond donors (Lipinski definition) is 0. The van der Waals surface area contributed by atoms with Crippen LogP contribution in [-0.2, 0) is 6.42 Å². The second-order valence-corrected chi connectivity index (χ2v) is 5.28. The molecule has 0 bridgehead atoms. The van der Waals surface area contributed by atoms with Gasteiger partial charge in [0.25, 0.3) is 0 Å². The number of halogens is 1. The summed E-state index contributed by atoms with van der Waals surface area (Å²) in [5, 5.41) is 8.47. The number of pyridine rings is 1. The zero-order chi connectivity index (χ0) is 15.7. The van der Waals surface area contributed by atoms with E-state index in [1.807, 2.05) is 43.5 Å². The van der Waals surface area contributed by atoms with Crippen LogP contribution in [0.15, 0.2) is 36.4 Å². The molecule has 112 valence electrons. The third kappa shape index (κ3) is 2.62. The normalized spacial score (nSPS) is 10.9. The van der Waals surface area contributed by atoms with Crippen LogP contribution in [0.5, 0.6) is 0 Å². The van der Waals surface area contributed by atoms with Crippen LogP contribution >= 0.6 is 0 Å². The summed E-state index contributed by atoms with van der Waals surface area (Å²) in [7, 11) is 0. The van der Waals surface area contributed by atoms with Gasteiger partial charge >= 0.3 is 0 Å². The minimum Gasteiger partial charge on any atom is -0.262 e. The highest BCUT2D eigenvalue weighted by molar-refractivity contribution is 5.58. The lowest BCUT2D eigenvalue weighted by atomic mass is 10.2. The molecule has 5 heteroatoms. The Hall–Kier alpha value is -2.56. The van der Waals surface area contributed by atoms with Gasteiger partial charge in [-0.05, 0) is 43.7 Å². The molecule has 0 aliphatic heterocycles. The first-order valence-corrected chi connectivity index (χ1v) is 7.24. The number of nitrogens with zero attached hydrogens (tertiary/aromatic N) is 4. The van der Waals surface area contributed by atoms with Gasteiger partial charge in [-0.1, -0.05) is 19.1 Å². The molecule has 0 radical (unpaired) electrons. The van der Waals surface area contributed by atoms with Crippen molar-refractivity contribution in [1.82, 2.24) is 19.7 Å². The van der Waals surface area contributed by atoms with E-state index < -0.39 is 0 Å². The van der Waals surface area contributed by atoms with E-state index in [1.165, 1.54) is 12.1 Å². The van der Waals surface area contributed by atoms with Crippen molar-refractivity contribution >= 4 is 0 Å². The molecule has 0 aliphatic rings. The summed E-state index contributed by atoms with van der Waals surface area (Å²) in [6, 6.07) is 10.4. The van der Waals surface area contributed by atoms with Crippen molar-refractivity contribution < 1.29 is 4.39 Å². The summed E-state index contributed by atoms with van der Waals surface area (Å²) in [5.74, 6) is 1.88. The SMILES string of the molecule is CCc1nnc(-c2cccc(F)c2)n1-c1cc(C)cc(C)n1. The predicted octanol–water partition coefficient (Wildman–Crippen LogP) is 3.65. The van der Waals surface area contributed by atoms with Crippen molar-refractivity contribution in [2.24, 2.45) is 0 Å². The first-order chi connectivity index (χ1) is 10.6. The van der Waals surface area contributed by atoms with Crippen LogP contribution in [0, 0.1) is 19.7 Å². The summed E-state index contributed by atoms with van der Waals surface area (Å²) in [4.78, 5) is 4.58. The van der Waals surface area contributed by atoms with Crippen molar-refractivity contribution in [2.75, 3.05) is 0 Å². The lowest BCUT2D eigenvalue weighted by Crippen LogP contribution is -2.06. The minimum atomic E-state index is -0.293. The minimum absolute atomic E-state index is 0.293. The van der Waals surface area contributed by atoms with Crippen molar-refractivity contribution in [3.05, 3.63) is 59.3 Å². The standard InChI is InChI=1S/C17H17FN4/c1-4-15-20-21-17(13-6-5-7-14(18)10-13)22(15)16-9-11(2)8-12(3)19-16/h5-10H,4H2,1-3H3. The number of benzene rings is 1. The Balaban J connectivity index is 2.24. The van der Waals surface area contributed by atoms with Gasteiger partial charge in [-0.25, -0.2) is 9.37 Å². The molecule has 0 saturated heterocycles. The topological polar surface area (TPSA) is 43.6 Å². The lowest BCUT2D eigenvalue weighted by molar-refractivity contribution is 0.628. The van der Waals surface area contributed by atoms with Crippen molar-refractivity contribution in [3.8, 4) is 17.2 Å². The van der Waals surface area contributed by atoms with E-state index >= 15 is 0 Å². The Morgan fingerprint density at radius 1 is 1.09 bits per heavy atom. The first-order valence-electron chi connectivity index (χ1n) is 7.24. The molecule has 0 saturated carbocycles. The van der Waals surface area contributed by atoms with Gasteiger partial charge in [0.05, 0.1) is 0 Å². The maximum Gasteiger partial charge on any atom is 0.169 e. The predicted molar refractivity (Wildman–Crippen MR) is 83.4 cm³/mol. The van der Waals surface area contributed by atoms with Gasteiger partial charge < -0.3 is 0 Å². The number of hydrogen-bond acceptors (Lipinski definition) is 3. The van der Waals surface area contributed by atoms with Crippen LogP contribution < -0.4 is 0 Å². The van der Waals surface area contributed by atoms with Gasteiger partial charge in [-0.3, -0.25) is 4.57 Å². The molecule has 4 nitrogen and oxygen atoms in total. The molecule has 2 aromatic heterocycles. The molecule has 0 unspecified atom stereocenters. The van der Waals surface area contributed by atoms with Crippen LogP contribution in [0.1, 0.15) is 24.0 Å². The van der Waals surface area contributed by atoms with Crippen molar-refractivity contribution in [3.63, 3.8) is 0 Å². The van der Waals surface area contributed by atoms with Gasteiger partial charge in [-0.2, -0.15) is 0 Å². The fourth-order valence-corrected chi connectivity index (χ4v) is 2.54. The molecule has 0 N–H and O–H groups in total. The highest BCUT2D eigenvalue weighted by Crippen LogP contribution is 2.23. The third-order valence-corrected chi connectivity index (χ3v) is 3.44. The average molecular weight is 296 g/mol. The van der Waals surface area contributed by atoms with Gasteiger partial charge in [0.1, 0.15) is 17.5 Å². The van der Waals surface area contributed by atoms with E-state index in [2.05, 4.69) is 15.2 Å². The Morgan fingerprint density at radius 3 is 2.59 bits per heavy atom. The first kappa shape index (κ1) is 14.4. The highest BCUT2D eigenvalue weighted by atomic mass is 19.1. The lowest BCUT2D eigenvalue weighted by Gasteiger charge is -2.10. The molecular weight excluding hydrogens is 279 g/mol. The van der Waals surface area contributed by atoms with E-state index in [4.69, 9.17) is 0 Å². The van der Waals surface area contributed by atoms with E-state index in [9.17, 15) is 4.39 Å².